The van der Waals surface area contributed by atoms with E-state index >= 15 is 0 Å². The van der Waals surface area contributed by atoms with E-state index < -0.39 is 17.4 Å². The van der Waals surface area contributed by atoms with Crippen LogP contribution < -0.4 is 22.0 Å². The molecule has 0 atom stereocenters. The highest BCUT2D eigenvalue weighted by Crippen LogP contribution is 2.26. The van der Waals surface area contributed by atoms with Gasteiger partial charge in [-0.15, -0.1) is 0 Å². The van der Waals surface area contributed by atoms with Gasteiger partial charge < -0.3 is 20.2 Å². The highest BCUT2D eigenvalue weighted by Gasteiger charge is 2.15. The number of hydrogen-bond donors (Lipinski definition) is 3. The second-order valence-corrected chi connectivity index (χ2v) is 6.61. The Kier molecular flexibility index (Phi) is 5.93. The molecule has 3 rings (SSSR count). The Labute approximate surface area is 161 Å². The van der Waals surface area contributed by atoms with Crippen molar-refractivity contribution in [2.75, 3.05) is 24.7 Å². The van der Waals surface area contributed by atoms with Crippen LogP contribution in [-0.4, -0.2) is 30.2 Å². The van der Waals surface area contributed by atoms with Crippen LogP contribution in [0.5, 0.6) is 0 Å². The minimum atomic E-state index is -0.983. The van der Waals surface area contributed by atoms with Gasteiger partial charge in [0.15, 0.2) is 0 Å². The number of benzene rings is 2. The van der Waals surface area contributed by atoms with Gasteiger partial charge in [0.2, 0.25) is 0 Å². The normalized spacial score (nSPS) is 10.3. The molecular formula is C20H23N3O5. The number of rotatable bonds is 2. The lowest BCUT2D eigenvalue weighted by molar-refractivity contribution is 0.0697. The first-order chi connectivity index (χ1) is 13.0. The van der Waals surface area contributed by atoms with Gasteiger partial charge in [-0.2, -0.15) is 0 Å². The van der Waals surface area contributed by atoms with E-state index in [1.807, 2.05) is 45.0 Å². The van der Waals surface area contributed by atoms with Crippen LogP contribution in [-0.2, 0) is 0 Å². The quantitative estimate of drug-likeness (QED) is 0.578. The first-order valence-electron chi connectivity index (χ1n) is 8.47. The standard InChI is InChI=1S/C10H14N2O2.C10H9NO3/c1-6-8(12(2)3)5-4-7(11)9(6)10(13)14;1-5-3-4-7-8(6(5)2)9(12)14-10(13)11-7/h4-5H,11H2,1-3H3,(H,13,14);3-4H,1-2H3,(H,11,13). The van der Waals surface area contributed by atoms with Gasteiger partial charge in [0, 0.05) is 25.5 Å². The summed E-state index contributed by atoms with van der Waals surface area (Å²) in [5.74, 6) is -1.70. The summed E-state index contributed by atoms with van der Waals surface area (Å²) >= 11 is 0. The van der Waals surface area contributed by atoms with E-state index in [2.05, 4.69) is 9.40 Å². The first-order valence-corrected chi connectivity index (χ1v) is 8.47. The molecule has 0 amide bonds. The number of nitrogens with one attached hydrogen (secondary N) is 1. The largest absolute Gasteiger partial charge is 0.478 e. The summed E-state index contributed by atoms with van der Waals surface area (Å²) in [7, 11) is 3.73. The van der Waals surface area contributed by atoms with Crippen LogP contribution in [0.3, 0.4) is 0 Å². The number of nitrogen functional groups attached to an aromatic ring is 1. The molecule has 148 valence electrons. The fourth-order valence-electron chi connectivity index (χ4n) is 2.94. The van der Waals surface area contributed by atoms with Gasteiger partial charge in [-0.3, -0.25) is 4.98 Å². The van der Waals surface area contributed by atoms with Crippen LogP contribution in [0.15, 0.2) is 38.3 Å². The van der Waals surface area contributed by atoms with Crippen LogP contribution in [0.2, 0.25) is 0 Å². The van der Waals surface area contributed by atoms with Crippen molar-refractivity contribution in [3.8, 4) is 0 Å². The van der Waals surface area contributed by atoms with Crippen molar-refractivity contribution < 1.29 is 14.3 Å². The monoisotopic (exact) mass is 385 g/mol. The Morgan fingerprint density at radius 2 is 1.71 bits per heavy atom. The number of carboxylic acid groups (broad SMARTS) is 1. The molecule has 0 aliphatic heterocycles. The number of carboxylic acids is 1. The third-order valence-electron chi connectivity index (χ3n) is 4.53. The van der Waals surface area contributed by atoms with Gasteiger partial charge in [0.05, 0.1) is 16.5 Å². The van der Waals surface area contributed by atoms with Gasteiger partial charge in [0.25, 0.3) is 0 Å². The van der Waals surface area contributed by atoms with E-state index in [0.717, 1.165) is 16.8 Å². The van der Waals surface area contributed by atoms with Gasteiger partial charge in [-0.25, -0.2) is 14.4 Å². The third kappa shape index (κ3) is 4.06. The average molecular weight is 385 g/mol. The topological polar surface area (TPSA) is 130 Å². The second-order valence-electron chi connectivity index (χ2n) is 6.61. The number of aromatic carboxylic acids is 1. The number of hydrogen-bond acceptors (Lipinski definition) is 6. The molecule has 1 heterocycles. The number of H-pyrrole nitrogens is 1. The van der Waals surface area contributed by atoms with Crippen LogP contribution >= 0.6 is 0 Å². The number of fused-ring (bicyclic) bond motifs is 1. The number of nitrogens with two attached hydrogens (primary N) is 1. The van der Waals surface area contributed by atoms with Crippen molar-refractivity contribution in [2.24, 2.45) is 0 Å². The summed E-state index contributed by atoms with van der Waals surface area (Å²) < 4.78 is 4.46. The fourth-order valence-corrected chi connectivity index (χ4v) is 2.94. The summed E-state index contributed by atoms with van der Waals surface area (Å²) in [5.41, 5.74) is 9.44. The van der Waals surface area contributed by atoms with Crippen LogP contribution in [0.4, 0.5) is 11.4 Å². The van der Waals surface area contributed by atoms with Gasteiger partial charge in [0.1, 0.15) is 0 Å². The van der Waals surface area contributed by atoms with E-state index in [9.17, 15) is 14.4 Å². The zero-order valence-corrected chi connectivity index (χ0v) is 16.4. The molecule has 0 saturated heterocycles. The lowest BCUT2D eigenvalue weighted by Crippen LogP contribution is -2.15. The predicted molar refractivity (Wildman–Crippen MR) is 109 cm³/mol. The summed E-state index contributed by atoms with van der Waals surface area (Å²) in [6.07, 6.45) is 0. The number of carbonyl (C=O) groups is 1. The van der Waals surface area contributed by atoms with Gasteiger partial charge in [-0.1, -0.05) is 6.07 Å². The molecule has 8 nitrogen and oxygen atoms in total. The molecule has 4 N–H and O–H groups in total. The lowest BCUT2D eigenvalue weighted by Gasteiger charge is -2.17. The van der Waals surface area contributed by atoms with Gasteiger partial charge >= 0.3 is 17.4 Å². The maximum atomic E-state index is 11.4. The Balaban J connectivity index is 0.000000200. The van der Waals surface area contributed by atoms with E-state index in [1.54, 1.807) is 19.1 Å². The molecule has 0 fully saturated rings. The van der Waals surface area contributed by atoms with Crippen molar-refractivity contribution in [3.63, 3.8) is 0 Å². The summed E-state index contributed by atoms with van der Waals surface area (Å²) in [5, 5.41) is 9.40. The van der Waals surface area contributed by atoms with E-state index in [0.29, 0.717) is 22.2 Å². The number of anilines is 2. The fraction of sp³-hybridized carbons (Fsp3) is 0.250. The molecule has 0 bridgehead atoms. The zero-order chi connectivity index (χ0) is 21.2. The Morgan fingerprint density at radius 3 is 2.29 bits per heavy atom. The Bertz CT molecular complexity index is 1160. The minimum absolute atomic E-state index is 0.191. The Morgan fingerprint density at radius 1 is 1.07 bits per heavy atom. The molecule has 0 spiro atoms. The zero-order valence-electron chi connectivity index (χ0n) is 16.4. The van der Waals surface area contributed by atoms with E-state index in [1.165, 1.54) is 0 Å². The predicted octanol–water partition coefficient (Wildman–Crippen LogP) is 2.44. The smallest absolute Gasteiger partial charge is 0.419 e. The minimum Gasteiger partial charge on any atom is -0.478 e. The number of aromatic nitrogens is 1. The van der Waals surface area contributed by atoms with Crippen molar-refractivity contribution >= 4 is 28.2 Å². The molecule has 0 unspecified atom stereocenters. The van der Waals surface area contributed by atoms with Crippen molar-refractivity contribution in [1.29, 1.82) is 0 Å². The maximum absolute atomic E-state index is 11.4. The number of aromatic amines is 1. The molecule has 8 heteroatoms. The van der Waals surface area contributed by atoms with Crippen molar-refractivity contribution in [2.45, 2.75) is 20.8 Å². The molecule has 28 heavy (non-hydrogen) atoms. The maximum Gasteiger partial charge on any atom is 0.419 e. The van der Waals surface area contributed by atoms with Crippen LogP contribution in [0, 0.1) is 20.8 Å². The first kappa shape index (κ1) is 20.8. The second kappa shape index (κ2) is 7.99. The van der Waals surface area contributed by atoms with E-state index in [-0.39, 0.29) is 5.56 Å². The van der Waals surface area contributed by atoms with Crippen molar-refractivity contribution in [3.05, 3.63) is 67.5 Å². The SMILES string of the molecule is Cc1c(N(C)C)ccc(N)c1C(=O)O.Cc1ccc2[nH]c(=O)oc(=O)c2c1C. The number of nitrogens with zero attached hydrogens (tertiary/aromatic N) is 1. The lowest BCUT2D eigenvalue weighted by atomic mass is 10.0. The molecule has 0 radical (unpaired) electrons. The molecule has 3 aromatic rings. The summed E-state index contributed by atoms with van der Waals surface area (Å²) in [4.78, 5) is 37.5. The van der Waals surface area contributed by atoms with Gasteiger partial charge in [-0.05, 0) is 55.7 Å². The Hall–Kier alpha value is -3.55. The van der Waals surface area contributed by atoms with Crippen LogP contribution in [0.1, 0.15) is 27.0 Å². The summed E-state index contributed by atoms with van der Waals surface area (Å²) in [6, 6.07) is 6.99. The summed E-state index contributed by atoms with van der Waals surface area (Å²) in [6.45, 7) is 5.49. The molecule has 0 aliphatic carbocycles. The average Bonchev–Trinajstić information content (AvgIpc) is 2.57. The van der Waals surface area contributed by atoms with Crippen molar-refractivity contribution in [1.82, 2.24) is 4.98 Å². The molecule has 2 aromatic carbocycles. The molecule has 0 saturated carbocycles. The number of aryl methyl sites for hydroxylation is 2. The highest BCUT2D eigenvalue weighted by molar-refractivity contribution is 5.97. The highest BCUT2D eigenvalue weighted by atomic mass is 16.4. The van der Waals surface area contributed by atoms with E-state index in [4.69, 9.17) is 10.8 Å². The molecule has 1 aromatic heterocycles. The van der Waals surface area contributed by atoms with Crippen LogP contribution in [0.25, 0.3) is 10.9 Å². The molecule has 0 aliphatic rings. The third-order valence-corrected chi connectivity index (χ3v) is 4.53. The molecular weight excluding hydrogens is 362 g/mol.